The normalized spacial score (nSPS) is 15.6. The van der Waals surface area contributed by atoms with Gasteiger partial charge in [-0.3, -0.25) is 9.69 Å². The Kier molecular flexibility index (Phi) is 9.30. The van der Waals surface area contributed by atoms with Crippen LogP contribution in [0.3, 0.4) is 0 Å². The van der Waals surface area contributed by atoms with Crippen LogP contribution in [0.1, 0.15) is 77.5 Å². The van der Waals surface area contributed by atoms with E-state index in [0.29, 0.717) is 30.0 Å². The maximum absolute atomic E-state index is 11.4. The lowest BCUT2D eigenvalue weighted by atomic mass is 9.80. The van der Waals surface area contributed by atoms with Crippen molar-refractivity contribution in [2.75, 3.05) is 13.1 Å². The molecule has 37 heavy (non-hydrogen) atoms. The fraction of sp³-hybridized carbons (Fsp3) is 0.516. The van der Waals surface area contributed by atoms with E-state index in [2.05, 4.69) is 80.8 Å². The van der Waals surface area contributed by atoms with E-state index in [0.717, 1.165) is 43.6 Å². The van der Waals surface area contributed by atoms with Crippen molar-refractivity contribution < 1.29 is 14.4 Å². The van der Waals surface area contributed by atoms with Crippen LogP contribution in [0.25, 0.3) is 22.8 Å². The first-order chi connectivity index (χ1) is 17.4. The van der Waals surface area contributed by atoms with Crippen molar-refractivity contribution in [1.82, 2.24) is 15.0 Å². The monoisotopic (exact) mass is 505 g/mol. The summed E-state index contributed by atoms with van der Waals surface area (Å²) >= 11 is 0. The third kappa shape index (κ3) is 8.26. The molecule has 200 valence electrons. The number of aliphatic carboxylic acids is 1. The van der Waals surface area contributed by atoms with Crippen molar-refractivity contribution in [2.24, 2.45) is 10.8 Å². The van der Waals surface area contributed by atoms with Gasteiger partial charge in [-0.2, -0.15) is 4.98 Å². The smallest absolute Gasteiger partial charge is 0.309 e. The minimum atomic E-state index is -0.687. The Morgan fingerprint density at radius 3 is 2.19 bits per heavy atom. The van der Waals surface area contributed by atoms with Crippen LogP contribution in [0.2, 0.25) is 0 Å². The maximum Gasteiger partial charge on any atom is 0.309 e. The Morgan fingerprint density at radius 2 is 1.65 bits per heavy atom. The molecular formula is C31H43N3O3. The van der Waals surface area contributed by atoms with E-state index in [9.17, 15) is 9.90 Å². The highest BCUT2D eigenvalue weighted by atomic mass is 16.5. The molecule has 2 heterocycles. The highest BCUT2D eigenvalue weighted by molar-refractivity contribution is 5.74. The van der Waals surface area contributed by atoms with E-state index in [1.165, 1.54) is 16.7 Å². The minimum Gasteiger partial charge on any atom is -0.481 e. The van der Waals surface area contributed by atoms with E-state index in [-0.39, 0.29) is 0 Å². The number of likely N-dealkylation sites (tertiary alicyclic amines) is 1. The molecule has 0 saturated carbocycles. The van der Waals surface area contributed by atoms with Crippen LogP contribution in [-0.4, -0.2) is 39.2 Å². The molecule has 0 radical (unpaired) electrons. The van der Waals surface area contributed by atoms with Crippen molar-refractivity contribution in [1.29, 1.82) is 0 Å². The summed E-state index contributed by atoms with van der Waals surface area (Å²) in [5.41, 5.74) is 5.56. The molecule has 4 rings (SSSR count). The van der Waals surface area contributed by atoms with Crippen LogP contribution < -0.4 is 0 Å². The second-order valence-corrected chi connectivity index (χ2v) is 12.2. The fourth-order valence-corrected chi connectivity index (χ4v) is 4.27. The van der Waals surface area contributed by atoms with Crippen molar-refractivity contribution in [3.8, 4) is 22.8 Å². The standard InChI is InChI=1S/C26H31N3O3.C5H12/c1-4-5-20-10-11-22(16-18(20)2)24-27-23(28-32-24)21-8-6-19(7-9-21)17-29-14-12-26(3,13-15-29)25(30)31;1-5(2,3)4/h6-11,16H,4-5,12-15,17H2,1-3H3,(H,30,31);1-4H3. The van der Waals surface area contributed by atoms with Gasteiger partial charge in [0.2, 0.25) is 5.82 Å². The SMILES string of the molecule is CC(C)(C)C.CCCc1ccc(-c2nc(-c3ccc(CN4CCC(C)(C(=O)O)CC4)cc3)no2)cc1C. The van der Waals surface area contributed by atoms with Crippen LogP contribution in [0.15, 0.2) is 47.0 Å². The van der Waals surface area contributed by atoms with Gasteiger partial charge in [0.15, 0.2) is 0 Å². The summed E-state index contributed by atoms with van der Waals surface area (Å²) in [6, 6.07) is 14.5. The van der Waals surface area contributed by atoms with Gasteiger partial charge in [0.05, 0.1) is 5.41 Å². The highest BCUT2D eigenvalue weighted by Gasteiger charge is 2.36. The number of carboxylic acid groups (broad SMARTS) is 1. The number of nitrogens with zero attached hydrogens (tertiary/aromatic N) is 3. The van der Waals surface area contributed by atoms with Crippen LogP contribution >= 0.6 is 0 Å². The summed E-state index contributed by atoms with van der Waals surface area (Å²) < 4.78 is 5.53. The molecule has 6 heteroatoms. The van der Waals surface area contributed by atoms with Crippen LogP contribution in [0.5, 0.6) is 0 Å². The molecule has 0 unspecified atom stereocenters. The number of benzene rings is 2. The average Bonchev–Trinajstić information content (AvgIpc) is 3.32. The topological polar surface area (TPSA) is 79.5 Å². The third-order valence-corrected chi connectivity index (χ3v) is 6.63. The molecule has 1 aliphatic rings. The number of aromatic nitrogens is 2. The Labute approximate surface area is 222 Å². The predicted molar refractivity (Wildman–Crippen MR) is 149 cm³/mol. The van der Waals surface area contributed by atoms with Crippen LogP contribution in [-0.2, 0) is 17.8 Å². The van der Waals surface area contributed by atoms with E-state index < -0.39 is 11.4 Å². The van der Waals surface area contributed by atoms with Crippen LogP contribution in [0, 0.1) is 17.8 Å². The van der Waals surface area contributed by atoms with Gasteiger partial charge >= 0.3 is 5.97 Å². The number of rotatable bonds is 7. The Morgan fingerprint density at radius 1 is 1.05 bits per heavy atom. The first-order valence-electron chi connectivity index (χ1n) is 13.4. The molecule has 0 atom stereocenters. The maximum atomic E-state index is 11.4. The number of aryl methyl sites for hydroxylation is 2. The summed E-state index contributed by atoms with van der Waals surface area (Å²) in [7, 11) is 0. The summed E-state index contributed by atoms with van der Waals surface area (Å²) in [4.78, 5) is 18.3. The summed E-state index contributed by atoms with van der Waals surface area (Å²) in [6.07, 6.45) is 3.57. The van der Waals surface area contributed by atoms with Gasteiger partial charge < -0.3 is 9.63 Å². The molecule has 1 aromatic heterocycles. The Hall–Kier alpha value is -2.99. The lowest BCUT2D eigenvalue weighted by Crippen LogP contribution is -2.42. The largest absolute Gasteiger partial charge is 0.481 e. The lowest BCUT2D eigenvalue weighted by Gasteiger charge is -2.36. The van der Waals surface area contributed by atoms with Gasteiger partial charge in [0, 0.05) is 17.7 Å². The molecule has 3 aromatic rings. The summed E-state index contributed by atoms with van der Waals surface area (Å²) in [6.45, 7) is 17.3. The minimum absolute atomic E-state index is 0.500. The zero-order valence-corrected chi connectivity index (χ0v) is 23.6. The van der Waals surface area contributed by atoms with Gasteiger partial charge in [-0.05, 0) is 80.4 Å². The molecule has 0 spiro atoms. The predicted octanol–water partition coefficient (Wildman–Crippen LogP) is 7.40. The van der Waals surface area contributed by atoms with Crippen molar-refractivity contribution in [3.05, 3.63) is 59.2 Å². The van der Waals surface area contributed by atoms with Crippen LogP contribution in [0.4, 0.5) is 0 Å². The van der Waals surface area contributed by atoms with Crippen molar-refractivity contribution in [3.63, 3.8) is 0 Å². The molecular weight excluding hydrogens is 462 g/mol. The highest BCUT2D eigenvalue weighted by Crippen LogP contribution is 2.32. The quantitative estimate of drug-likeness (QED) is 0.360. The molecule has 0 aliphatic carbocycles. The second-order valence-electron chi connectivity index (χ2n) is 12.2. The zero-order chi connectivity index (χ0) is 27.2. The molecule has 6 nitrogen and oxygen atoms in total. The van der Waals surface area contributed by atoms with Crippen molar-refractivity contribution >= 4 is 5.97 Å². The second kappa shape index (κ2) is 12.0. The van der Waals surface area contributed by atoms with Gasteiger partial charge in [0.1, 0.15) is 0 Å². The van der Waals surface area contributed by atoms with Gasteiger partial charge in [-0.15, -0.1) is 0 Å². The molecule has 0 amide bonds. The van der Waals surface area contributed by atoms with E-state index in [1.54, 1.807) is 0 Å². The van der Waals surface area contributed by atoms with Gasteiger partial charge in [-0.1, -0.05) is 76.5 Å². The fourth-order valence-electron chi connectivity index (χ4n) is 4.27. The van der Waals surface area contributed by atoms with E-state index >= 15 is 0 Å². The van der Waals surface area contributed by atoms with E-state index in [4.69, 9.17) is 4.52 Å². The average molecular weight is 506 g/mol. The molecule has 2 aromatic carbocycles. The molecule has 1 aliphatic heterocycles. The third-order valence-electron chi connectivity index (χ3n) is 6.63. The van der Waals surface area contributed by atoms with Gasteiger partial charge in [-0.25, -0.2) is 0 Å². The zero-order valence-electron chi connectivity index (χ0n) is 23.6. The Balaban J connectivity index is 0.000000695. The van der Waals surface area contributed by atoms with Crippen molar-refractivity contribution in [2.45, 2.75) is 80.7 Å². The summed E-state index contributed by atoms with van der Waals surface area (Å²) in [5, 5.41) is 13.6. The number of carbonyl (C=O) groups is 1. The first kappa shape index (κ1) is 28.6. The molecule has 1 fully saturated rings. The first-order valence-corrected chi connectivity index (χ1v) is 13.4. The molecule has 1 saturated heterocycles. The number of hydrogen-bond donors (Lipinski definition) is 1. The lowest BCUT2D eigenvalue weighted by molar-refractivity contribution is -0.150. The number of carboxylic acids is 1. The number of hydrogen-bond acceptors (Lipinski definition) is 5. The van der Waals surface area contributed by atoms with Gasteiger partial charge in [0.25, 0.3) is 5.89 Å². The van der Waals surface area contributed by atoms with E-state index in [1.807, 2.05) is 25.1 Å². The molecule has 0 bridgehead atoms. The number of piperidine rings is 1. The molecule has 1 N–H and O–H groups in total. The Bertz CT molecular complexity index is 1160. The summed E-state index contributed by atoms with van der Waals surface area (Å²) in [5.74, 6) is 0.426.